The lowest BCUT2D eigenvalue weighted by molar-refractivity contribution is 0.375. The van der Waals surface area contributed by atoms with E-state index in [0.29, 0.717) is 11.8 Å². The van der Waals surface area contributed by atoms with Gasteiger partial charge in [0, 0.05) is 19.0 Å². The van der Waals surface area contributed by atoms with E-state index >= 15 is 0 Å². The number of aromatic nitrogens is 2. The highest BCUT2D eigenvalue weighted by Crippen LogP contribution is 2.39. The number of likely N-dealkylation sites (tertiary alicyclic amines) is 1. The van der Waals surface area contributed by atoms with Gasteiger partial charge in [-0.3, -0.25) is 0 Å². The predicted octanol–water partition coefficient (Wildman–Crippen LogP) is 3.12. The Kier molecular flexibility index (Phi) is 3.56. The summed E-state index contributed by atoms with van der Waals surface area (Å²) in [4.78, 5) is 6.75. The van der Waals surface area contributed by atoms with E-state index in [9.17, 15) is 0 Å². The van der Waals surface area contributed by atoms with E-state index in [0.717, 1.165) is 23.2 Å². The molecular weight excluding hydrogens is 266 g/mol. The third kappa shape index (κ3) is 2.69. The van der Waals surface area contributed by atoms with E-state index in [4.69, 9.17) is 16.7 Å². The van der Waals surface area contributed by atoms with Gasteiger partial charge < -0.3 is 9.42 Å². The van der Waals surface area contributed by atoms with Crippen molar-refractivity contribution in [1.82, 2.24) is 15.0 Å². The number of rotatable bonds is 3. The minimum atomic E-state index is 0.151. The average molecular weight is 283 g/mol. The first-order valence-corrected chi connectivity index (χ1v) is 7.82. The molecule has 0 amide bonds. The van der Waals surface area contributed by atoms with Crippen molar-refractivity contribution in [3.05, 3.63) is 11.7 Å². The first-order valence-electron chi connectivity index (χ1n) is 6.53. The lowest BCUT2D eigenvalue weighted by Gasteiger charge is -2.19. The molecule has 2 aliphatic rings. The number of hydrogen-bond acceptors (Lipinski definition) is 5. The van der Waals surface area contributed by atoms with Crippen LogP contribution in [-0.4, -0.2) is 32.5 Å². The minimum absolute atomic E-state index is 0.151. The molecule has 2 fully saturated rings. The summed E-state index contributed by atoms with van der Waals surface area (Å²) in [5.41, 5.74) is 0. The summed E-state index contributed by atoms with van der Waals surface area (Å²) in [5.74, 6) is 2.14. The number of thiocarbonyl (C=S) groups is 1. The van der Waals surface area contributed by atoms with Gasteiger partial charge in [0.05, 0.1) is 5.25 Å². The molecule has 1 aliphatic heterocycles. The maximum Gasteiger partial charge on any atom is 0.239 e. The molecule has 4 nitrogen and oxygen atoms in total. The molecule has 3 rings (SSSR count). The number of hydrogen-bond donors (Lipinski definition) is 0. The molecule has 0 bridgehead atoms. The number of nitrogens with zero attached hydrogens (tertiary/aromatic N) is 3. The highest BCUT2D eigenvalue weighted by Gasteiger charge is 2.30. The van der Waals surface area contributed by atoms with Crippen molar-refractivity contribution < 1.29 is 4.52 Å². The average Bonchev–Trinajstić information content (AvgIpc) is 2.91. The van der Waals surface area contributed by atoms with Crippen LogP contribution in [0.2, 0.25) is 0 Å². The monoisotopic (exact) mass is 283 g/mol. The normalized spacial score (nSPS) is 21.3. The van der Waals surface area contributed by atoms with E-state index in [-0.39, 0.29) is 5.25 Å². The first-order chi connectivity index (χ1) is 8.74. The van der Waals surface area contributed by atoms with E-state index in [1.54, 1.807) is 11.8 Å². The Hall–Kier alpha value is -0.620. The quantitative estimate of drug-likeness (QED) is 0.794. The molecule has 6 heteroatoms. The second-order valence-corrected chi connectivity index (χ2v) is 6.96. The predicted molar refractivity (Wildman–Crippen MR) is 75.7 cm³/mol. The van der Waals surface area contributed by atoms with Gasteiger partial charge in [0.2, 0.25) is 5.89 Å². The SMILES string of the molecule is C[C@@H](SC(=S)N1CCCC1)c1nc(C2CC2)no1. The summed E-state index contributed by atoms with van der Waals surface area (Å²) in [6.45, 7) is 4.27. The van der Waals surface area contributed by atoms with Crippen LogP contribution < -0.4 is 0 Å². The summed E-state index contributed by atoms with van der Waals surface area (Å²) in [6.07, 6.45) is 4.91. The third-order valence-corrected chi connectivity index (χ3v) is 4.95. The largest absolute Gasteiger partial charge is 0.358 e. The Balaban J connectivity index is 1.58. The minimum Gasteiger partial charge on any atom is -0.358 e. The molecule has 1 saturated heterocycles. The van der Waals surface area contributed by atoms with Crippen molar-refractivity contribution in [3.8, 4) is 0 Å². The molecule has 1 aliphatic carbocycles. The molecule has 0 unspecified atom stereocenters. The van der Waals surface area contributed by atoms with Gasteiger partial charge in [-0.15, -0.1) is 0 Å². The van der Waals surface area contributed by atoms with Crippen LogP contribution in [0.3, 0.4) is 0 Å². The van der Waals surface area contributed by atoms with Crippen LogP contribution in [-0.2, 0) is 0 Å². The molecule has 1 atom stereocenters. The zero-order chi connectivity index (χ0) is 12.5. The van der Waals surface area contributed by atoms with Crippen molar-refractivity contribution in [2.24, 2.45) is 0 Å². The summed E-state index contributed by atoms with van der Waals surface area (Å²) in [6, 6.07) is 0. The van der Waals surface area contributed by atoms with E-state index in [1.807, 2.05) is 0 Å². The van der Waals surface area contributed by atoms with Gasteiger partial charge in [-0.25, -0.2) is 0 Å². The van der Waals surface area contributed by atoms with Gasteiger partial charge in [0.15, 0.2) is 5.82 Å². The van der Waals surface area contributed by atoms with E-state index < -0.39 is 0 Å². The van der Waals surface area contributed by atoms with Crippen LogP contribution in [0.25, 0.3) is 0 Å². The molecule has 2 heterocycles. The van der Waals surface area contributed by atoms with E-state index in [1.165, 1.54) is 25.7 Å². The molecule has 0 aromatic carbocycles. The van der Waals surface area contributed by atoms with Crippen molar-refractivity contribution in [1.29, 1.82) is 0 Å². The fourth-order valence-electron chi connectivity index (χ4n) is 2.10. The summed E-state index contributed by atoms with van der Waals surface area (Å²) < 4.78 is 6.30. The van der Waals surface area contributed by atoms with Gasteiger partial charge >= 0.3 is 0 Å². The van der Waals surface area contributed by atoms with Crippen molar-refractivity contribution in [2.45, 2.75) is 43.8 Å². The standard InChI is InChI=1S/C12H17N3OS2/c1-8(18-12(17)15-6-2-3-7-15)11-13-10(14-16-11)9-4-5-9/h8-9H,2-7H2,1H3/t8-/m1/s1. The Labute approximate surface area is 116 Å². The highest BCUT2D eigenvalue weighted by atomic mass is 32.2. The smallest absolute Gasteiger partial charge is 0.239 e. The highest BCUT2D eigenvalue weighted by molar-refractivity contribution is 8.23. The lowest BCUT2D eigenvalue weighted by atomic mass is 10.4. The van der Waals surface area contributed by atoms with Gasteiger partial charge in [-0.05, 0) is 32.6 Å². The third-order valence-electron chi connectivity index (χ3n) is 3.39. The van der Waals surface area contributed by atoms with Crippen LogP contribution >= 0.6 is 24.0 Å². The van der Waals surface area contributed by atoms with Gasteiger partial charge in [-0.1, -0.05) is 29.1 Å². The second-order valence-electron chi connectivity index (χ2n) is 4.99. The fourth-order valence-corrected chi connectivity index (χ4v) is 3.54. The molecule has 0 spiro atoms. The maximum atomic E-state index is 5.46. The van der Waals surface area contributed by atoms with Crippen LogP contribution in [0.15, 0.2) is 4.52 Å². The van der Waals surface area contributed by atoms with Crippen LogP contribution in [0.5, 0.6) is 0 Å². The molecule has 1 aromatic heterocycles. The molecule has 0 radical (unpaired) electrons. The van der Waals surface area contributed by atoms with Crippen LogP contribution in [0.1, 0.15) is 55.5 Å². The van der Waals surface area contributed by atoms with Crippen LogP contribution in [0, 0.1) is 0 Å². The Morgan fingerprint density at radius 1 is 1.44 bits per heavy atom. The zero-order valence-electron chi connectivity index (χ0n) is 10.5. The number of thioether (sulfide) groups is 1. The summed E-state index contributed by atoms with van der Waals surface area (Å²) in [7, 11) is 0. The second kappa shape index (κ2) is 5.17. The maximum absolute atomic E-state index is 5.46. The topological polar surface area (TPSA) is 42.2 Å². The Bertz CT molecular complexity index is 438. The van der Waals surface area contributed by atoms with Gasteiger partial charge in [-0.2, -0.15) is 4.98 Å². The first kappa shape index (κ1) is 12.4. The van der Waals surface area contributed by atoms with E-state index in [2.05, 4.69) is 22.0 Å². The summed E-state index contributed by atoms with van der Waals surface area (Å²) in [5, 5.41) is 4.20. The lowest BCUT2D eigenvalue weighted by Crippen LogP contribution is -2.23. The van der Waals surface area contributed by atoms with Crippen molar-refractivity contribution in [3.63, 3.8) is 0 Å². The molecule has 0 N–H and O–H groups in total. The Morgan fingerprint density at radius 2 is 2.17 bits per heavy atom. The fraction of sp³-hybridized carbons (Fsp3) is 0.750. The van der Waals surface area contributed by atoms with Gasteiger partial charge in [0.1, 0.15) is 4.32 Å². The van der Waals surface area contributed by atoms with Crippen molar-refractivity contribution >= 4 is 28.3 Å². The molecule has 18 heavy (non-hydrogen) atoms. The zero-order valence-corrected chi connectivity index (χ0v) is 12.1. The summed E-state index contributed by atoms with van der Waals surface area (Å²) >= 11 is 7.12. The van der Waals surface area contributed by atoms with Crippen LogP contribution in [0.4, 0.5) is 0 Å². The van der Waals surface area contributed by atoms with Crippen molar-refractivity contribution in [2.75, 3.05) is 13.1 Å². The molecule has 1 saturated carbocycles. The Morgan fingerprint density at radius 3 is 2.83 bits per heavy atom. The van der Waals surface area contributed by atoms with Gasteiger partial charge in [0.25, 0.3) is 0 Å². The molecule has 1 aromatic rings. The molecular formula is C12H17N3OS2. The molecule has 98 valence electrons.